The molecular weight excluding hydrogens is 322 g/mol. The van der Waals surface area contributed by atoms with Crippen molar-refractivity contribution in [2.75, 3.05) is 6.54 Å². The highest BCUT2D eigenvalue weighted by Crippen LogP contribution is 2.26. The van der Waals surface area contributed by atoms with Crippen LogP contribution < -0.4 is 5.73 Å². The number of hydrogen-bond donors (Lipinski definition) is 1. The molecule has 0 aliphatic carbocycles. The molecule has 0 aromatic carbocycles. The van der Waals surface area contributed by atoms with Gasteiger partial charge < -0.3 is 5.73 Å². The first kappa shape index (κ1) is 13.4. The number of pyridine rings is 1. The highest BCUT2D eigenvalue weighted by atomic mass is 79.9. The number of hydrogen-bond acceptors (Lipinski definition) is 4. The number of nitrogens with two attached hydrogens (primary N) is 1. The molecule has 2 heterocycles. The smallest absolute Gasteiger partial charge is 0.245 e. The Morgan fingerprint density at radius 2 is 2.22 bits per heavy atom. The number of halogens is 1. The standard InChI is InChI=1S/C10H12BrN3O3S/c11-7-4-8(6-13-5-7)18(16,17)14-3-1-2-9(14)10(12)15/h4-6,9H,1-3H2,(H2,12,15). The van der Waals surface area contributed by atoms with Crippen LogP contribution in [0.2, 0.25) is 0 Å². The minimum atomic E-state index is -3.72. The Labute approximate surface area is 113 Å². The molecule has 1 aliphatic rings. The van der Waals surface area contributed by atoms with E-state index in [-0.39, 0.29) is 4.90 Å². The number of rotatable bonds is 3. The second-order valence-corrected chi connectivity index (χ2v) is 6.82. The fourth-order valence-electron chi connectivity index (χ4n) is 1.98. The summed E-state index contributed by atoms with van der Waals surface area (Å²) in [5.41, 5.74) is 5.22. The lowest BCUT2D eigenvalue weighted by Crippen LogP contribution is -2.43. The van der Waals surface area contributed by atoms with Crippen LogP contribution in [0.1, 0.15) is 12.8 Å². The Morgan fingerprint density at radius 3 is 2.83 bits per heavy atom. The van der Waals surface area contributed by atoms with Gasteiger partial charge in [-0.15, -0.1) is 0 Å². The SMILES string of the molecule is NC(=O)C1CCCN1S(=O)(=O)c1cncc(Br)c1. The van der Waals surface area contributed by atoms with E-state index in [1.54, 1.807) is 0 Å². The summed E-state index contributed by atoms with van der Waals surface area (Å²) in [4.78, 5) is 15.1. The average molecular weight is 334 g/mol. The number of sulfonamides is 1. The fourth-order valence-corrected chi connectivity index (χ4v) is 4.15. The molecule has 1 aliphatic heterocycles. The van der Waals surface area contributed by atoms with Gasteiger partial charge in [0.2, 0.25) is 15.9 Å². The summed E-state index contributed by atoms with van der Waals surface area (Å²) >= 11 is 3.17. The van der Waals surface area contributed by atoms with Crippen molar-refractivity contribution in [1.29, 1.82) is 0 Å². The third-order valence-corrected chi connectivity index (χ3v) is 5.13. The summed E-state index contributed by atoms with van der Waals surface area (Å²) in [6.07, 6.45) is 3.86. The second-order valence-electron chi connectivity index (χ2n) is 4.02. The molecule has 0 radical (unpaired) electrons. The van der Waals surface area contributed by atoms with Gasteiger partial charge in [0.15, 0.2) is 0 Å². The zero-order chi connectivity index (χ0) is 13.3. The van der Waals surface area contributed by atoms with Crippen LogP contribution in [-0.4, -0.2) is 36.2 Å². The van der Waals surface area contributed by atoms with Gasteiger partial charge in [-0.25, -0.2) is 8.42 Å². The van der Waals surface area contributed by atoms with Gasteiger partial charge >= 0.3 is 0 Å². The quantitative estimate of drug-likeness (QED) is 0.870. The van der Waals surface area contributed by atoms with Crippen molar-refractivity contribution in [3.63, 3.8) is 0 Å². The molecule has 1 aromatic heterocycles. The Kier molecular flexibility index (Phi) is 3.69. The molecule has 98 valence electrons. The maximum absolute atomic E-state index is 12.4. The number of carbonyl (C=O) groups is 1. The summed E-state index contributed by atoms with van der Waals surface area (Å²) < 4.78 is 26.4. The lowest BCUT2D eigenvalue weighted by Gasteiger charge is -2.21. The largest absolute Gasteiger partial charge is 0.368 e. The van der Waals surface area contributed by atoms with Crippen molar-refractivity contribution in [2.24, 2.45) is 5.73 Å². The van der Waals surface area contributed by atoms with Gasteiger partial charge in [-0.2, -0.15) is 4.31 Å². The van der Waals surface area contributed by atoms with Crippen molar-refractivity contribution >= 4 is 31.9 Å². The highest BCUT2D eigenvalue weighted by Gasteiger charge is 2.38. The first-order valence-electron chi connectivity index (χ1n) is 5.34. The summed E-state index contributed by atoms with van der Waals surface area (Å²) in [6.45, 7) is 0.308. The molecule has 0 spiro atoms. The lowest BCUT2D eigenvalue weighted by atomic mass is 10.2. The molecule has 1 aromatic rings. The molecule has 1 amide bonds. The van der Waals surface area contributed by atoms with E-state index < -0.39 is 22.0 Å². The van der Waals surface area contributed by atoms with Crippen LogP contribution in [0, 0.1) is 0 Å². The Hall–Kier alpha value is -0.990. The fraction of sp³-hybridized carbons (Fsp3) is 0.400. The third kappa shape index (κ3) is 2.40. The zero-order valence-corrected chi connectivity index (χ0v) is 11.8. The highest BCUT2D eigenvalue weighted by molar-refractivity contribution is 9.10. The Morgan fingerprint density at radius 1 is 1.50 bits per heavy atom. The van der Waals surface area contributed by atoms with E-state index >= 15 is 0 Å². The predicted molar refractivity (Wildman–Crippen MR) is 68.0 cm³/mol. The molecule has 18 heavy (non-hydrogen) atoms. The van der Waals surface area contributed by atoms with Gasteiger partial charge in [0.05, 0.1) is 0 Å². The maximum atomic E-state index is 12.4. The molecule has 2 rings (SSSR count). The van der Waals surface area contributed by atoms with Crippen LogP contribution in [0.4, 0.5) is 0 Å². The van der Waals surface area contributed by atoms with Gasteiger partial charge in [0, 0.05) is 23.4 Å². The average Bonchev–Trinajstić information content (AvgIpc) is 2.78. The normalized spacial score (nSPS) is 21.1. The van der Waals surface area contributed by atoms with Crippen molar-refractivity contribution in [2.45, 2.75) is 23.8 Å². The first-order chi connectivity index (χ1) is 8.43. The van der Waals surface area contributed by atoms with Crippen molar-refractivity contribution in [3.8, 4) is 0 Å². The molecule has 1 fully saturated rings. The Bertz CT molecular complexity index is 575. The van der Waals surface area contributed by atoms with E-state index in [0.717, 1.165) is 4.31 Å². The van der Waals surface area contributed by atoms with Crippen molar-refractivity contribution < 1.29 is 13.2 Å². The van der Waals surface area contributed by atoms with E-state index in [2.05, 4.69) is 20.9 Å². The predicted octanol–water partition coefficient (Wildman–Crippen LogP) is 0.483. The van der Waals surface area contributed by atoms with Gasteiger partial charge in [0.25, 0.3) is 0 Å². The molecule has 1 unspecified atom stereocenters. The van der Waals surface area contributed by atoms with Gasteiger partial charge in [-0.3, -0.25) is 9.78 Å². The molecule has 1 saturated heterocycles. The summed E-state index contributed by atoms with van der Waals surface area (Å²) in [6, 6.07) is 0.701. The first-order valence-corrected chi connectivity index (χ1v) is 7.58. The third-order valence-electron chi connectivity index (χ3n) is 2.82. The van der Waals surface area contributed by atoms with Gasteiger partial charge in [0.1, 0.15) is 10.9 Å². The lowest BCUT2D eigenvalue weighted by molar-refractivity contribution is -0.121. The van der Waals surface area contributed by atoms with Gasteiger partial charge in [-0.05, 0) is 34.8 Å². The molecule has 6 nitrogen and oxygen atoms in total. The summed E-state index contributed by atoms with van der Waals surface area (Å²) in [5, 5.41) is 0. The Balaban J connectivity index is 2.40. The molecule has 0 saturated carbocycles. The minimum Gasteiger partial charge on any atom is -0.368 e. The van der Waals surface area contributed by atoms with Crippen molar-refractivity contribution in [1.82, 2.24) is 9.29 Å². The monoisotopic (exact) mass is 333 g/mol. The van der Waals surface area contributed by atoms with E-state index in [4.69, 9.17) is 5.73 Å². The van der Waals surface area contributed by atoms with Crippen LogP contribution in [0.15, 0.2) is 27.8 Å². The van der Waals surface area contributed by atoms with E-state index in [1.807, 2.05) is 0 Å². The van der Waals surface area contributed by atoms with Gasteiger partial charge in [-0.1, -0.05) is 0 Å². The minimum absolute atomic E-state index is 0.0602. The van der Waals surface area contributed by atoms with Crippen LogP contribution in [0.5, 0.6) is 0 Å². The van der Waals surface area contributed by atoms with Crippen LogP contribution in [-0.2, 0) is 14.8 Å². The number of amides is 1. The number of carbonyl (C=O) groups excluding carboxylic acids is 1. The van der Waals surface area contributed by atoms with Crippen molar-refractivity contribution in [3.05, 3.63) is 22.9 Å². The topological polar surface area (TPSA) is 93.4 Å². The number of primary amides is 1. The molecule has 2 N–H and O–H groups in total. The molecule has 8 heteroatoms. The summed E-state index contributed by atoms with van der Waals surface area (Å²) in [7, 11) is -3.72. The zero-order valence-electron chi connectivity index (χ0n) is 9.41. The van der Waals surface area contributed by atoms with Crippen LogP contribution in [0.25, 0.3) is 0 Å². The maximum Gasteiger partial charge on any atom is 0.245 e. The summed E-state index contributed by atoms with van der Waals surface area (Å²) in [5.74, 6) is -0.612. The van der Waals surface area contributed by atoms with E-state index in [9.17, 15) is 13.2 Å². The van der Waals surface area contributed by atoms with E-state index in [0.29, 0.717) is 23.9 Å². The van der Waals surface area contributed by atoms with Crippen LogP contribution >= 0.6 is 15.9 Å². The van der Waals surface area contributed by atoms with Crippen LogP contribution in [0.3, 0.4) is 0 Å². The molecule has 0 bridgehead atoms. The number of aromatic nitrogens is 1. The second kappa shape index (κ2) is 4.94. The molecule has 1 atom stereocenters. The molecular formula is C10H12BrN3O3S. The van der Waals surface area contributed by atoms with E-state index in [1.165, 1.54) is 18.5 Å². The number of nitrogens with zero attached hydrogens (tertiary/aromatic N) is 2.